The molecule has 19 heavy (non-hydrogen) atoms. The molecule has 1 fully saturated rings. The summed E-state index contributed by atoms with van der Waals surface area (Å²) in [5.41, 5.74) is 8.71. The van der Waals surface area contributed by atoms with Crippen LogP contribution < -0.4 is 20.5 Å². The average molecular weight is 264 g/mol. The van der Waals surface area contributed by atoms with Gasteiger partial charge in [0, 0.05) is 12.1 Å². The van der Waals surface area contributed by atoms with Crippen LogP contribution in [0.25, 0.3) is 0 Å². The van der Waals surface area contributed by atoms with E-state index < -0.39 is 0 Å². The Morgan fingerprint density at radius 3 is 2.47 bits per heavy atom. The second-order valence-corrected chi connectivity index (χ2v) is 5.15. The second kappa shape index (κ2) is 6.26. The van der Waals surface area contributed by atoms with Gasteiger partial charge in [-0.3, -0.25) is 0 Å². The topological polar surface area (TPSA) is 56.5 Å². The predicted molar refractivity (Wildman–Crippen MR) is 76.9 cm³/mol. The molecular formula is C15H24N2O2. The summed E-state index contributed by atoms with van der Waals surface area (Å²) in [6.45, 7) is 3.13. The lowest BCUT2D eigenvalue weighted by Gasteiger charge is -2.30. The maximum atomic E-state index is 6.43. The molecule has 0 aromatic heterocycles. The molecule has 0 aliphatic carbocycles. The number of methoxy groups -OCH3 is 2. The van der Waals surface area contributed by atoms with E-state index in [0.717, 1.165) is 35.6 Å². The molecule has 0 spiro atoms. The third-order valence-corrected chi connectivity index (χ3v) is 3.91. The molecule has 0 bridgehead atoms. The highest BCUT2D eigenvalue weighted by Crippen LogP contribution is 2.34. The van der Waals surface area contributed by atoms with Gasteiger partial charge in [-0.25, -0.2) is 0 Å². The highest BCUT2D eigenvalue weighted by molar-refractivity contribution is 5.48. The van der Waals surface area contributed by atoms with Crippen molar-refractivity contribution < 1.29 is 9.47 Å². The van der Waals surface area contributed by atoms with Gasteiger partial charge in [0.05, 0.1) is 14.2 Å². The molecule has 1 aliphatic rings. The quantitative estimate of drug-likeness (QED) is 0.875. The molecule has 3 N–H and O–H groups in total. The molecule has 2 atom stereocenters. The van der Waals surface area contributed by atoms with Gasteiger partial charge in [-0.15, -0.1) is 0 Å². The lowest BCUT2D eigenvalue weighted by atomic mass is 9.90. The van der Waals surface area contributed by atoms with Crippen molar-refractivity contribution in [2.75, 3.05) is 20.8 Å². The Bertz CT molecular complexity index is 428. The third-order valence-electron chi connectivity index (χ3n) is 3.91. The number of hydrogen-bond donors (Lipinski definition) is 2. The molecule has 0 radical (unpaired) electrons. The largest absolute Gasteiger partial charge is 0.493 e. The van der Waals surface area contributed by atoms with E-state index in [1.807, 2.05) is 12.1 Å². The van der Waals surface area contributed by atoms with Crippen molar-refractivity contribution in [2.45, 2.75) is 38.3 Å². The van der Waals surface area contributed by atoms with Gasteiger partial charge in [0.15, 0.2) is 11.5 Å². The zero-order valence-corrected chi connectivity index (χ0v) is 12.0. The fourth-order valence-corrected chi connectivity index (χ4v) is 2.76. The van der Waals surface area contributed by atoms with Crippen LogP contribution in [-0.2, 0) is 0 Å². The van der Waals surface area contributed by atoms with E-state index in [-0.39, 0.29) is 6.04 Å². The van der Waals surface area contributed by atoms with E-state index in [2.05, 4.69) is 12.2 Å². The molecule has 4 heteroatoms. The van der Waals surface area contributed by atoms with Gasteiger partial charge in [0.25, 0.3) is 0 Å². The maximum absolute atomic E-state index is 6.43. The van der Waals surface area contributed by atoms with Crippen LogP contribution in [-0.4, -0.2) is 26.8 Å². The van der Waals surface area contributed by atoms with Crippen molar-refractivity contribution in [3.8, 4) is 11.5 Å². The summed E-state index contributed by atoms with van der Waals surface area (Å²) in [5, 5.41) is 3.51. The molecule has 1 aliphatic heterocycles. The Morgan fingerprint density at radius 2 is 1.89 bits per heavy atom. The number of nitrogens with two attached hydrogens (primary N) is 1. The lowest BCUT2D eigenvalue weighted by Crippen LogP contribution is -2.42. The maximum Gasteiger partial charge on any atom is 0.161 e. The summed E-state index contributed by atoms with van der Waals surface area (Å²) in [6, 6.07) is 4.36. The van der Waals surface area contributed by atoms with E-state index in [1.54, 1.807) is 14.2 Å². The minimum Gasteiger partial charge on any atom is -0.493 e. The summed E-state index contributed by atoms with van der Waals surface area (Å²) >= 11 is 0. The number of aryl methyl sites for hydroxylation is 1. The van der Waals surface area contributed by atoms with Crippen LogP contribution in [0, 0.1) is 6.92 Å². The smallest absolute Gasteiger partial charge is 0.161 e. The van der Waals surface area contributed by atoms with Crippen molar-refractivity contribution in [3.63, 3.8) is 0 Å². The van der Waals surface area contributed by atoms with Crippen molar-refractivity contribution in [2.24, 2.45) is 5.73 Å². The first-order valence-electron chi connectivity index (χ1n) is 6.89. The van der Waals surface area contributed by atoms with Crippen LogP contribution >= 0.6 is 0 Å². The summed E-state index contributed by atoms with van der Waals surface area (Å²) in [7, 11) is 3.31. The summed E-state index contributed by atoms with van der Waals surface area (Å²) in [4.78, 5) is 0. The Labute approximate surface area is 115 Å². The van der Waals surface area contributed by atoms with Crippen LogP contribution in [0.4, 0.5) is 0 Å². The SMILES string of the molecule is COc1cc(C)c(C(N)C2CCCCN2)cc1OC. The van der Waals surface area contributed by atoms with Gasteiger partial charge < -0.3 is 20.5 Å². The van der Waals surface area contributed by atoms with Crippen LogP contribution in [0.15, 0.2) is 12.1 Å². The lowest BCUT2D eigenvalue weighted by molar-refractivity contribution is 0.344. The average Bonchev–Trinajstić information content (AvgIpc) is 2.47. The number of nitrogens with one attached hydrogen (secondary N) is 1. The molecule has 2 rings (SSSR count). The third kappa shape index (κ3) is 3.01. The Hall–Kier alpha value is -1.26. The normalized spacial score (nSPS) is 20.9. The zero-order chi connectivity index (χ0) is 13.8. The first-order chi connectivity index (χ1) is 9.17. The van der Waals surface area contributed by atoms with Crippen molar-refractivity contribution in [1.82, 2.24) is 5.32 Å². The molecule has 1 saturated heterocycles. The Balaban J connectivity index is 2.27. The van der Waals surface area contributed by atoms with Gasteiger partial charge in [-0.2, -0.15) is 0 Å². The number of benzene rings is 1. The summed E-state index contributed by atoms with van der Waals surface area (Å²) in [5.74, 6) is 1.50. The summed E-state index contributed by atoms with van der Waals surface area (Å²) < 4.78 is 10.7. The monoisotopic (exact) mass is 264 g/mol. The van der Waals surface area contributed by atoms with E-state index in [4.69, 9.17) is 15.2 Å². The van der Waals surface area contributed by atoms with Crippen LogP contribution in [0.5, 0.6) is 11.5 Å². The first-order valence-corrected chi connectivity index (χ1v) is 6.89. The van der Waals surface area contributed by atoms with E-state index >= 15 is 0 Å². The molecule has 4 nitrogen and oxygen atoms in total. The molecule has 0 saturated carbocycles. The van der Waals surface area contributed by atoms with Crippen LogP contribution in [0.2, 0.25) is 0 Å². The van der Waals surface area contributed by atoms with Gasteiger partial charge in [-0.1, -0.05) is 6.42 Å². The number of piperidine rings is 1. The minimum atomic E-state index is 0.0000983. The van der Waals surface area contributed by atoms with Crippen LogP contribution in [0.3, 0.4) is 0 Å². The highest BCUT2D eigenvalue weighted by atomic mass is 16.5. The molecule has 2 unspecified atom stereocenters. The van der Waals surface area contributed by atoms with Gasteiger partial charge in [-0.05, 0) is 49.6 Å². The van der Waals surface area contributed by atoms with Gasteiger partial charge in [0.2, 0.25) is 0 Å². The Morgan fingerprint density at radius 1 is 1.21 bits per heavy atom. The minimum absolute atomic E-state index is 0.0000983. The predicted octanol–water partition coefficient (Wildman–Crippen LogP) is 2.15. The van der Waals surface area contributed by atoms with E-state index in [0.29, 0.717) is 6.04 Å². The van der Waals surface area contributed by atoms with Crippen LogP contribution in [0.1, 0.15) is 36.4 Å². The highest BCUT2D eigenvalue weighted by Gasteiger charge is 2.23. The van der Waals surface area contributed by atoms with Crippen molar-refractivity contribution >= 4 is 0 Å². The number of hydrogen-bond acceptors (Lipinski definition) is 4. The Kier molecular flexibility index (Phi) is 4.66. The number of ether oxygens (including phenoxy) is 2. The van der Waals surface area contributed by atoms with Crippen molar-refractivity contribution in [3.05, 3.63) is 23.3 Å². The molecule has 1 aromatic carbocycles. The fraction of sp³-hybridized carbons (Fsp3) is 0.600. The van der Waals surface area contributed by atoms with Gasteiger partial charge >= 0.3 is 0 Å². The van der Waals surface area contributed by atoms with E-state index in [9.17, 15) is 0 Å². The van der Waals surface area contributed by atoms with Crippen molar-refractivity contribution in [1.29, 1.82) is 0 Å². The second-order valence-electron chi connectivity index (χ2n) is 5.15. The zero-order valence-electron chi connectivity index (χ0n) is 12.0. The fourth-order valence-electron chi connectivity index (χ4n) is 2.76. The standard InChI is InChI=1S/C15H24N2O2/c1-10-8-13(18-2)14(19-3)9-11(10)15(16)12-6-4-5-7-17-12/h8-9,12,15,17H,4-7,16H2,1-3H3. The molecule has 106 valence electrons. The summed E-state index contributed by atoms with van der Waals surface area (Å²) in [6.07, 6.45) is 3.63. The molecule has 0 amide bonds. The molecule has 1 heterocycles. The number of rotatable bonds is 4. The molecular weight excluding hydrogens is 240 g/mol. The molecule has 1 aromatic rings. The first kappa shape index (κ1) is 14.2. The van der Waals surface area contributed by atoms with E-state index in [1.165, 1.54) is 12.8 Å². The van der Waals surface area contributed by atoms with Gasteiger partial charge in [0.1, 0.15) is 0 Å².